The number of hydrogen-bond donors (Lipinski definition) is 2. The monoisotopic (exact) mass is 192 g/mol. The van der Waals surface area contributed by atoms with Crippen molar-refractivity contribution in [1.82, 2.24) is 10.3 Å². The highest BCUT2D eigenvalue weighted by molar-refractivity contribution is 5.97. The quantitative estimate of drug-likeness (QED) is 0.696. The van der Waals surface area contributed by atoms with E-state index in [-0.39, 0.29) is 5.78 Å². The van der Waals surface area contributed by atoms with Crippen molar-refractivity contribution in [3.63, 3.8) is 0 Å². The summed E-state index contributed by atoms with van der Waals surface area (Å²) in [5.41, 5.74) is 4.48. The smallest absolute Gasteiger partial charge is 0.161 e. The molecule has 14 heavy (non-hydrogen) atoms. The Hall–Kier alpha value is -1.09. The predicted molar refractivity (Wildman–Crippen MR) is 55.6 cm³/mol. The molecule has 0 saturated carbocycles. The van der Waals surface area contributed by atoms with Gasteiger partial charge >= 0.3 is 0 Å². The minimum Gasteiger partial charge on any atom is -0.361 e. The van der Waals surface area contributed by atoms with Crippen molar-refractivity contribution in [3.05, 3.63) is 22.5 Å². The second-order valence-corrected chi connectivity index (χ2v) is 3.77. The number of Topliss-reactive ketones (excluding diaryl/α,β-unsaturated/α-hetero) is 1. The van der Waals surface area contributed by atoms with Gasteiger partial charge in [0.2, 0.25) is 0 Å². The van der Waals surface area contributed by atoms with Crippen LogP contribution in [-0.2, 0) is 19.4 Å². The van der Waals surface area contributed by atoms with Gasteiger partial charge in [-0.1, -0.05) is 6.92 Å². The van der Waals surface area contributed by atoms with Crippen LogP contribution in [0.5, 0.6) is 0 Å². The minimum absolute atomic E-state index is 0.183. The molecule has 3 heteroatoms. The lowest BCUT2D eigenvalue weighted by Gasteiger charge is -2.13. The van der Waals surface area contributed by atoms with Gasteiger partial charge in [-0.3, -0.25) is 4.79 Å². The maximum atomic E-state index is 11.5. The van der Waals surface area contributed by atoms with Crippen LogP contribution in [0.4, 0.5) is 0 Å². The molecule has 0 amide bonds. The minimum atomic E-state index is 0.183. The number of fused-ring (bicyclic) bond motifs is 1. The van der Waals surface area contributed by atoms with Gasteiger partial charge in [0, 0.05) is 36.5 Å². The average Bonchev–Trinajstić information content (AvgIpc) is 2.55. The fourth-order valence-electron chi connectivity index (χ4n) is 2.18. The number of aryl methyl sites for hydroxylation is 1. The van der Waals surface area contributed by atoms with Crippen LogP contribution in [0.3, 0.4) is 0 Å². The lowest BCUT2D eigenvalue weighted by atomic mass is 10.0. The normalized spacial score (nSPS) is 15.3. The van der Waals surface area contributed by atoms with Crippen LogP contribution in [-0.4, -0.2) is 17.3 Å². The molecule has 2 N–H and O–H groups in total. The average molecular weight is 192 g/mol. The summed E-state index contributed by atoms with van der Waals surface area (Å²) in [5, 5.41) is 3.30. The van der Waals surface area contributed by atoms with Crippen LogP contribution in [0.25, 0.3) is 0 Å². The zero-order valence-corrected chi connectivity index (χ0v) is 8.74. The fraction of sp³-hybridized carbons (Fsp3) is 0.545. The summed E-state index contributed by atoms with van der Waals surface area (Å²) in [6, 6.07) is 0. The number of aromatic nitrogens is 1. The van der Waals surface area contributed by atoms with E-state index < -0.39 is 0 Å². The third-order valence-electron chi connectivity index (χ3n) is 2.83. The molecule has 0 spiro atoms. The highest BCUT2D eigenvalue weighted by Gasteiger charge is 2.21. The zero-order chi connectivity index (χ0) is 10.1. The third kappa shape index (κ3) is 1.38. The molecule has 1 aromatic heterocycles. The van der Waals surface area contributed by atoms with Crippen molar-refractivity contribution in [2.75, 3.05) is 6.54 Å². The molecule has 76 valence electrons. The van der Waals surface area contributed by atoms with Crippen molar-refractivity contribution < 1.29 is 4.79 Å². The molecule has 0 aromatic carbocycles. The summed E-state index contributed by atoms with van der Waals surface area (Å²) in [7, 11) is 0. The van der Waals surface area contributed by atoms with Crippen molar-refractivity contribution in [3.8, 4) is 0 Å². The maximum Gasteiger partial charge on any atom is 0.161 e. The number of rotatable bonds is 2. The Morgan fingerprint density at radius 3 is 2.93 bits per heavy atom. The van der Waals surface area contributed by atoms with Gasteiger partial charge in [-0.2, -0.15) is 0 Å². The van der Waals surface area contributed by atoms with Gasteiger partial charge in [-0.15, -0.1) is 0 Å². The first-order valence-electron chi connectivity index (χ1n) is 5.18. The summed E-state index contributed by atoms with van der Waals surface area (Å²) in [5.74, 6) is 0.183. The molecular formula is C11H16N2O. The van der Waals surface area contributed by atoms with E-state index in [1.54, 1.807) is 6.92 Å². The summed E-state index contributed by atoms with van der Waals surface area (Å²) < 4.78 is 0. The van der Waals surface area contributed by atoms with Crippen molar-refractivity contribution in [2.24, 2.45) is 0 Å². The highest BCUT2D eigenvalue weighted by atomic mass is 16.1. The van der Waals surface area contributed by atoms with Crippen LogP contribution in [0, 0.1) is 0 Å². The van der Waals surface area contributed by atoms with Gasteiger partial charge in [0.15, 0.2) is 5.78 Å². The summed E-state index contributed by atoms with van der Waals surface area (Å²) in [6.07, 6.45) is 1.91. The van der Waals surface area contributed by atoms with E-state index in [1.165, 1.54) is 11.3 Å². The van der Waals surface area contributed by atoms with E-state index in [0.717, 1.165) is 37.2 Å². The first kappa shape index (κ1) is 9.46. The third-order valence-corrected chi connectivity index (χ3v) is 2.83. The van der Waals surface area contributed by atoms with Crippen molar-refractivity contribution in [1.29, 1.82) is 0 Å². The van der Waals surface area contributed by atoms with Crippen LogP contribution in [0.15, 0.2) is 0 Å². The number of H-pyrrole nitrogens is 1. The van der Waals surface area contributed by atoms with Gasteiger partial charge in [0.1, 0.15) is 0 Å². The van der Waals surface area contributed by atoms with E-state index >= 15 is 0 Å². The van der Waals surface area contributed by atoms with Gasteiger partial charge in [0.25, 0.3) is 0 Å². The summed E-state index contributed by atoms with van der Waals surface area (Å²) >= 11 is 0. The van der Waals surface area contributed by atoms with Crippen LogP contribution >= 0.6 is 0 Å². The van der Waals surface area contributed by atoms with E-state index in [1.807, 2.05) is 0 Å². The first-order chi connectivity index (χ1) is 6.74. The Kier molecular flexibility index (Phi) is 2.42. The largest absolute Gasteiger partial charge is 0.361 e. The number of nitrogens with one attached hydrogen (secondary N) is 2. The predicted octanol–water partition coefficient (Wildman–Crippen LogP) is 1.43. The Balaban J connectivity index is 2.53. The number of carbonyl (C=O) groups excluding carboxylic acids is 1. The Morgan fingerprint density at radius 2 is 2.29 bits per heavy atom. The summed E-state index contributed by atoms with van der Waals surface area (Å²) in [6.45, 7) is 5.57. The Labute approximate surface area is 83.9 Å². The molecule has 3 nitrogen and oxygen atoms in total. The summed E-state index contributed by atoms with van der Waals surface area (Å²) in [4.78, 5) is 14.9. The molecule has 2 heterocycles. The van der Waals surface area contributed by atoms with Gasteiger partial charge in [-0.05, 0) is 18.9 Å². The zero-order valence-electron chi connectivity index (χ0n) is 8.74. The molecule has 0 atom stereocenters. The van der Waals surface area contributed by atoms with Gasteiger partial charge in [-0.25, -0.2) is 0 Å². The van der Waals surface area contributed by atoms with E-state index in [2.05, 4.69) is 17.2 Å². The molecule has 1 aliphatic heterocycles. The molecule has 0 aliphatic carbocycles. The van der Waals surface area contributed by atoms with Crippen molar-refractivity contribution in [2.45, 2.75) is 33.2 Å². The van der Waals surface area contributed by atoms with E-state index in [4.69, 9.17) is 0 Å². The number of aromatic amines is 1. The lowest BCUT2D eigenvalue weighted by Crippen LogP contribution is -2.24. The number of ketones is 1. The van der Waals surface area contributed by atoms with Crippen LogP contribution < -0.4 is 5.32 Å². The molecule has 1 aromatic rings. The SMILES string of the molecule is CCc1[nH]c2c(c1C(C)=O)CNCC2. The van der Waals surface area contributed by atoms with Gasteiger partial charge in [0.05, 0.1) is 0 Å². The van der Waals surface area contributed by atoms with E-state index in [0.29, 0.717) is 0 Å². The van der Waals surface area contributed by atoms with Crippen molar-refractivity contribution >= 4 is 5.78 Å². The Bertz CT molecular complexity index is 366. The van der Waals surface area contributed by atoms with Gasteiger partial charge < -0.3 is 10.3 Å². The molecular weight excluding hydrogens is 176 g/mol. The fourth-order valence-corrected chi connectivity index (χ4v) is 2.18. The highest BCUT2D eigenvalue weighted by Crippen LogP contribution is 2.22. The second-order valence-electron chi connectivity index (χ2n) is 3.77. The molecule has 0 saturated heterocycles. The number of hydrogen-bond acceptors (Lipinski definition) is 2. The molecule has 0 fully saturated rings. The Morgan fingerprint density at radius 1 is 1.50 bits per heavy atom. The molecule has 2 rings (SSSR count). The maximum absolute atomic E-state index is 11.5. The standard InChI is InChI=1S/C11H16N2O/c1-3-9-11(7(2)14)8-6-12-5-4-10(8)13-9/h12-13H,3-6H2,1-2H3. The van der Waals surface area contributed by atoms with Crippen LogP contribution in [0.2, 0.25) is 0 Å². The molecule has 0 bridgehead atoms. The molecule has 0 unspecified atom stereocenters. The second kappa shape index (κ2) is 3.58. The topological polar surface area (TPSA) is 44.9 Å². The van der Waals surface area contributed by atoms with E-state index in [9.17, 15) is 4.79 Å². The number of carbonyl (C=O) groups is 1. The van der Waals surface area contributed by atoms with Crippen LogP contribution in [0.1, 0.15) is 41.2 Å². The first-order valence-corrected chi connectivity index (χ1v) is 5.18. The molecule has 0 radical (unpaired) electrons. The lowest BCUT2D eigenvalue weighted by molar-refractivity contribution is 0.101. The molecule has 1 aliphatic rings.